The van der Waals surface area contributed by atoms with Crippen LogP contribution in [-0.2, 0) is 17.5 Å². The summed E-state index contributed by atoms with van der Waals surface area (Å²) in [4.78, 5) is 13.8. The molecule has 1 aliphatic heterocycles. The van der Waals surface area contributed by atoms with Gasteiger partial charge in [-0.15, -0.1) is 0 Å². The largest absolute Gasteiger partial charge is 0.416 e. The maximum atomic E-state index is 12.8. The fourth-order valence-electron chi connectivity index (χ4n) is 3.01. The Kier molecular flexibility index (Phi) is 6.27. The van der Waals surface area contributed by atoms with Crippen molar-refractivity contribution in [1.29, 1.82) is 0 Å². The average molecular weight is 342 g/mol. The molecule has 2 rings (SSSR count). The monoisotopic (exact) mass is 342 g/mol. The van der Waals surface area contributed by atoms with Crippen molar-refractivity contribution in [1.82, 2.24) is 10.2 Å². The van der Waals surface area contributed by atoms with Gasteiger partial charge in [0.15, 0.2) is 0 Å². The first kappa shape index (κ1) is 18.8. The van der Waals surface area contributed by atoms with Gasteiger partial charge in [0.1, 0.15) is 0 Å². The van der Waals surface area contributed by atoms with Crippen LogP contribution in [0.15, 0.2) is 24.3 Å². The topological polar surface area (TPSA) is 32.3 Å². The zero-order valence-corrected chi connectivity index (χ0v) is 14.2. The van der Waals surface area contributed by atoms with Gasteiger partial charge in [-0.05, 0) is 36.9 Å². The van der Waals surface area contributed by atoms with E-state index in [1.807, 2.05) is 13.8 Å². The molecule has 24 heavy (non-hydrogen) atoms. The molecule has 1 fully saturated rings. The van der Waals surface area contributed by atoms with Crippen LogP contribution >= 0.6 is 0 Å². The highest BCUT2D eigenvalue weighted by Gasteiger charge is 2.30. The maximum absolute atomic E-state index is 12.8. The van der Waals surface area contributed by atoms with Crippen molar-refractivity contribution in [3.8, 4) is 0 Å². The molecule has 1 heterocycles. The number of hydrogen-bond donors (Lipinski definition) is 1. The molecule has 6 heteroatoms. The van der Waals surface area contributed by atoms with Crippen LogP contribution in [0.2, 0.25) is 0 Å². The van der Waals surface area contributed by atoms with Crippen LogP contribution in [0, 0.1) is 11.8 Å². The number of carbonyl (C=O) groups is 1. The number of nitrogens with zero attached hydrogens (tertiary/aromatic N) is 1. The number of carbonyl (C=O) groups excluding carboxylic acids is 1. The summed E-state index contributed by atoms with van der Waals surface area (Å²) in [7, 11) is 0. The second-order valence-corrected chi connectivity index (χ2v) is 6.84. The molecular formula is C18H25F3N2O. The van der Waals surface area contributed by atoms with Crippen LogP contribution in [0.4, 0.5) is 13.2 Å². The minimum absolute atomic E-state index is 0.0326. The van der Waals surface area contributed by atoms with E-state index in [2.05, 4.69) is 10.2 Å². The van der Waals surface area contributed by atoms with Crippen LogP contribution in [0.1, 0.15) is 37.8 Å². The van der Waals surface area contributed by atoms with E-state index in [1.54, 1.807) is 6.07 Å². The number of amides is 1. The van der Waals surface area contributed by atoms with Gasteiger partial charge in [0.05, 0.1) is 5.56 Å². The van der Waals surface area contributed by atoms with E-state index in [0.29, 0.717) is 24.6 Å². The Morgan fingerprint density at radius 2 is 2.12 bits per heavy atom. The molecule has 1 aromatic rings. The third-order valence-electron chi connectivity index (χ3n) is 4.35. The van der Waals surface area contributed by atoms with Crippen LogP contribution in [0.5, 0.6) is 0 Å². The SMILES string of the molecule is CC(C)C(=O)NC[C@@H]1CCCN(Cc2cccc(C(F)(F)F)c2)C1. The molecule has 1 N–H and O–H groups in total. The Morgan fingerprint density at radius 1 is 1.38 bits per heavy atom. The van der Waals surface area contributed by atoms with E-state index in [0.717, 1.165) is 32.0 Å². The summed E-state index contributed by atoms with van der Waals surface area (Å²) >= 11 is 0. The molecule has 1 atom stereocenters. The third kappa shape index (κ3) is 5.51. The molecule has 0 aromatic heterocycles. The van der Waals surface area contributed by atoms with Gasteiger partial charge in [-0.2, -0.15) is 13.2 Å². The predicted molar refractivity (Wildman–Crippen MR) is 87.3 cm³/mol. The number of rotatable bonds is 5. The van der Waals surface area contributed by atoms with Gasteiger partial charge in [-0.3, -0.25) is 9.69 Å². The lowest BCUT2D eigenvalue weighted by molar-refractivity contribution is -0.137. The summed E-state index contributed by atoms with van der Waals surface area (Å²) < 4.78 is 38.4. The lowest BCUT2D eigenvalue weighted by atomic mass is 9.97. The van der Waals surface area contributed by atoms with E-state index >= 15 is 0 Å². The smallest absolute Gasteiger partial charge is 0.356 e. The Labute approximate surface area is 141 Å². The van der Waals surface area contributed by atoms with Crippen LogP contribution in [0.3, 0.4) is 0 Å². The molecule has 3 nitrogen and oxygen atoms in total. The Bertz CT molecular complexity index is 557. The summed E-state index contributed by atoms with van der Waals surface area (Å²) in [5.41, 5.74) is 0.0782. The number of alkyl halides is 3. The molecule has 0 spiro atoms. The normalized spacial score (nSPS) is 19.5. The van der Waals surface area contributed by atoms with Crippen molar-refractivity contribution in [2.24, 2.45) is 11.8 Å². The average Bonchev–Trinajstić information content (AvgIpc) is 2.52. The number of hydrogen-bond acceptors (Lipinski definition) is 2. The molecule has 1 saturated heterocycles. The van der Waals surface area contributed by atoms with Gasteiger partial charge in [-0.1, -0.05) is 32.0 Å². The predicted octanol–water partition coefficient (Wildman–Crippen LogP) is 3.69. The summed E-state index contributed by atoms with van der Waals surface area (Å²) in [6, 6.07) is 5.52. The standard InChI is InChI=1S/C18H25F3N2O/c1-13(2)17(24)22-10-15-6-4-8-23(12-15)11-14-5-3-7-16(9-14)18(19,20)21/h3,5,7,9,13,15H,4,6,8,10-12H2,1-2H3,(H,22,24)/t15-/m0/s1. The van der Waals surface area contributed by atoms with Crippen molar-refractivity contribution in [3.05, 3.63) is 35.4 Å². The van der Waals surface area contributed by atoms with Gasteiger partial charge in [0.2, 0.25) is 5.91 Å². The van der Waals surface area contributed by atoms with Gasteiger partial charge in [0.25, 0.3) is 0 Å². The van der Waals surface area contributed by atoms with E-state index < -0.39 is 11.7 Å². The van der Waals surface area contributed by atoms with Crippen molar-refractivity contribution in [3.63, 3.8) is 0 Å². The zero-order valence-electron chi connectivity index (χ0n) is 14.2. The van der Waals surface area contributed by atoms with Crippen molar-refractivity contribution >= 4 is 5.91 Å². The quantitative estimate of drug-likeness (QED) is 0.885. The molecule has 134 valence electrons. The van der Waals surface area contributed by atoms with Gasteiger partial charge >= 0.3 is 6.18 Å². The van der Waals surface area contributed by atoms with Crippen LogP contribution in [0.25, 0.3) is 0 Å². The first-order valence-electron chi connectivity index (χ1n) is 8.42. The van der Waals surface area contributed by atoms with Gasteiger partial charge in [-0.25, -0.2) is 0 Å². The number of halogens is 3. The van der Waals surface area contributed by atoms with E-state index in [-0.39, 0.29) is 11.8 Å². The molecule has 0 aliphatic carbocycles. The molecule has 1 aromatic carbocycles. The number of piperidine rings is 1. The second kappa shape index (κ2) is 8.01. The molecule has 1 amide bonds. The lowest BCUT2D eigenvalue weighted by Crippen LogP contribution is -2.41. The highest BCUT2D eigenvalue weighted by molar-refractivity contribution is 5.77. The van der Waals surface area contributed by atoms with Gasteiger partial charge < -0.3 is 5.32 Å². The second-order valence-electron chi connectivity index (χ2n) is 6.84. The molecule has 0 saturated carbocycles. The van der Waals surface area contributed by atoms with Crippen molar-refractivity contribution in [2.45, 2.75) is 39.4 Å². The highest BCUT2D eigenvalue weighted by atomic mass is 19.4. The fraction of sp³-hybridized carbons (Fsp3) is 0.611. The van der Waals surface area contributed by atoms with E-state index in [1.165, 1.54) is 12.1 Å². The number of nitrogens with one attached hydrogen (secondary N) is 1. The zero-order chi connectivity index (χ0) is 17.7. The van der Waals surface area contributed by atoms with Crippen molar-refractivity contribution < 1.29 is 18.0 Å². The summed E-state index contributed by atoms with van der Waals surface area (Å²) in [5, 5.41) is 2.95. The summed E-state index contributed by atoms with van der Waals surface area (Å²) in [6.07, 6.45) is -2.26. The number of benzene rings is 1. The first-order valence-corrected chi connectivity index (χ1v) is 8.42. The van der Waals surface area contributed by atoms with Crippen LogP contribution < -0.4 is 5.32 Å². The molecular weight excluding hydrogens is 317 g/mol. The third-order valence-corrected chi connectivity index (χ3v) is 4.35. The fourth-order valence-corrected chi connectivity index (χ4v) is 3.01. The van der Waals surface area contributed by atoms with E-state index in [4.69, 9.17) is 0 Å². The highest BCUT2D eigenvalue weighted by Crippen LogP contribution is 2.30. The van der Waals surface area contributed by atoms with Gasteiger partial charge in [0, 0.05) is 25.6 Å². The Balaban J connectivity index is 1.90. The first-order chi connectivity index (χ1) is 11.3. The Morgan fingerprint density at radius 3 is 2.79 bits per heavy atom. The van der Waals surface area contributed by atoms with Crippen molar-refractivity contribution in [2.75, 3.05) is 19.6 Å². The van der Waals surface area contributed by atoms with E-state index in [9.17, 15) is 18.0 Å². The minimum Gasteiger partial charge on any atom is -0.356 e. The Hall–Kier alpha value is -1.56. The summed E-state index contributed by atoms with van der Waals surface area (Å²) in [6.45, 7) is 6.54. The molecule has 0 bridgehead atoms. The maximum Gasteiger partial charge on any atom is 0.416 e. The molecule has 0 unspecified atom stereocenters. The number of likely N-dealkylation sites (tertiary alicyclic amines) is 1. The minimum atomic E-state index is -4.30. The molecule has 1 aliphatic rings. The van der Waals surface area contributed by atoms with Crippen LogP contribution in [-0.4, -0.2) is 30.4 Å². The lowest BCUT2D eigenvalue weighted by Gasteiger charge is -2.33. The molecule has 0 radical (unpaired) electrons. The summed E-state index contributed by atoms with van der Waals surface area (Å²) in [5.74, 6) is 0.368.